The molecule has 2 heterocycles. The summed E-state index contributed by atoms with van der Waals surface area (Å²) in [6, 6.07) is 0. The Hall–Kier alpha value is -0.940. The van der Waals surface area contributed by atoms with Crippen LogP contribution in [0, 0.1) is 5.92 Å². The van der Waals surface area contributed by atoms with Crippen molar-refractivity contribution >= 4 is 0 Å². The molecule has 1 aromatic heterocycles. The third-order valence-electron chi connectivity index (χ3n) is 3.35. The molecule has 5 heteroatoms. The van der Waals surface area contributed by atoms with Crippen molar-refractivity contribution in [3.8, 4) is 0 Å². The summed E-state index contributed by atoms with van der Waals surface area (Å²) in [5.41, 5.74) is 0. The number of hydrogen-bond acceptors (Lipinski definition) is 4. The molecule has 17 heavy (non-hydrogen) atoms. The maximum absolute atomic E-state index is 4.19. The number of likely N-dealkylation sites (tertiary alicyclic amines) is 1. The molecule has 0 aromatic carbocycles. The van der Waals surface area contributed by atoms with Crippen LogP contribution in [0.5, 0.6) is 0 Å². The number of rotatable bonds is 6. The van der Waals surface area contributed by atoms with Gasteiger partial charge in [0, 0.05) is 13.6 Å². The van der Waals surface area contributed by atoms with Gasteiger partial charge in [-0.05, 0) is 38.4 Å². The van der Waals surface area contributed by atoms with Gasteiger partial charge in [-0.2, -0.15) is 5.10 Å². The van der Waals surface area contributed by atoms with E-state index < -0.39 is 0 Å². The van der Waals surface area contributed by atoms with E-state index in [-0.39, 0.29) is 0 Å². The first-order chi connectivity index (χ1) is 8.25. The largest absolute Gasteiger partial charge is 0.310 e. The van der Waals surface area contributed by atoms with Crippen molar-refractivity contribution in [1.82, 2.24) is 25.0 Å². The van der Waals surface area contributed by atoms with Crippen LogP contribution >= 0.6 is 0 Å². The van der Waals surface area contributed by atoms with Crippen molar-refractivity contribution in [3.05, 3.63) is 12.2 Å². The molecule has 0 radical (unpaired) electrons. The fourth-order valence-electron chi connectivity index (χ4n) is 2.38. The van der Waals surface area contributed by atoms with Crippen molar-refractivity contribution in [3.63, 3.8) is 0 Å². The molecule has 96 valence electrons. The molecule has 0 amide bonds. The van der Waals surface area contributed by atoms with E-state index in [9.17, 15) is 0 Å². The Labute approximate surface area is 103 Å². The first-order valence-electron chi connectivity index (χ1n) is 6.51. The van der Waals surface area contributed by atoms with Gasteiger partial charge in [0.2, 0.25) is 0 Å². The predicted octanol–water partition coefficient (Wildman–Crippen LogP) is 0.637. The SMILES string of the molecule is CC(CNCc1ncnn1C)CN1CCCC1. The van der Waals surface area contributed by atoms with Crippen LogP contribution in [0.4, 0.5) is 0 Å². The van der Waals surface area contributed by atoms with Crippen molar-refractivity contribution in [1.29, 1.82) is 0 Å². The first kappa shape index (κ1) is 12.5. The lowest BCUT2D eigenvalue weighted by atomic mass is 10.1. The van der Waals surface area contributed by atoms with Gasteiger partial charge in [-0.25, -0.2) is 4.98 Å². The Morgan fingerprint density at radius 1 is 1.41 bits per heavy atom. The molecule has 1 aliphatic rings. The van der Waals surface area contributed by atoms with Crippen LogP contribution in [0.25, 0.3) is 0 Å². The van der Waals surface area contributed by atoms with E-state index in [2.05, 4.69) is 27.2 Å². The lowest BCUT2D eigenvalue weighted by Gasteiger charge is -2.20. The van der Waals surface area contributed by atoms with Gasteiger partial charge >= 0.3 is 0 Å². The monoisotopic (exact) mass is 237 g/mol. The average molecular weight is 237 g/mol. The third kappa shape index (κ3) is 3.78. The maximum atomic E-state index is 4.19. The second-order valence-electron chi connectivity index (χ2n) is 5.04. The molecular weight excluding hydrogens is 214 g/mol. The first-order valence-corrected chi connectivity index (χ1v) is 6.51. The Kier molecular flexibility index (Phi) is 4.50. The molecule has 0 spiro atoms. The second-order valence-corrected chi connectivity index (χ2v) is 5.04. The number of aryl methyl sites for hydroxylation is 1. The zero-order valence-electron chi connectivity index (χ0n) is 10.9. The fraction of sp³-hybridized carbons (Fsp3) is 0.833. The maximum Gasteiger partial charge on any atom is 0.140 e. The van der Waals surface area contributed by atoms with Gasteiger partial charge in [-0.1, -0.05) is 6.92 Å². The van der Waals surface area contributed by atoms with Crippen LogP contribution in [-0.4, -0.2) is 45.8 Å². The highest BCUT2D eigenvalue weighted by Gasteiger charge is 2.14. The molecule has 1 aliphatic heterocycles. The molecule has 0 bridgehead atoms. The smallest absolute Gasteiger partial charge is 0.140 e. The third-order valence-corrected chi connectivity index (χ3v) is 3.35. The summed E-state index contributed by atoms with van der Waals surface area (Å²) in [7, 11) is 1.93. The normalized spacial score (nSPS) is 18.7. The van der Waals surface area contributed by atoms with Crippen LogP contribution in [0.1, 0.15) is 25.6 Å². The number of nitrogens with one attached hydrogen (secondary N) is 1. The molecule has 1 N–H and O–H groups in total. The average Bonchev–Trinajstić information content (AvgIpc) is 2.91. The molecule has 1 saturated heterocycles. The second kappa shape index (κ2) is 6.12. The molecule has 5 nitrogen and oxygen atoms in total. The lowest BCUT2D eigenvalue weighted by molar-refractivity contribution is 0.282. The highest BCUT2D eigenvalue weighted by atomic mass is 15.3. The lowest BCUT2D eigenvalue weighted by Crippen LogP contribution is -2.31. The number of aromatic nitrogens is 3. The summed E-state index contributed by atoms with van der Waals surface area (Å²) in [6.45, 7) is 7.94. The minimum Gasteiger partial charge on any atom is -0.310 e. The molecule has 0 saturated carbocycles. The van der Waals surface area contributed by atoms with E-state index in [0.717, 1.165) is 18.9 Å². The van der Waals surface area contributed by atoms with Gasteiger partial charge in [0.1, 0.15) is 12.2 Å². The van der Waals surface area contributed by atoms with Crippen LogP contribution in [0.15, 0.2) is 6.33 Å². The quantitative estimate of drug-likeness (QED) is 0.788. The standard InChI is InChI=1S/C12H23N5/c1-11(9-17-5-3-4-6-17)7-13-8-12-14-10-15-16(12)2/h10-11,13H,3-9H2,1-2H3. The van der Waals surface area contributed by atoms with Gasteiger partial charge in [-0.15, -0.1) is 0 Å². The summed E-state index contributed by atoms with van der Waals surface area (Å²) in [5.74, 6) is 1.69. The van der Waals surface area contributed by atoms with Gasteiger partial charge in [0.15, 0.2) is 0 Å². The summed E-state index contributed by atoms with van der Waals surface area (Å²) in [5, 5.41) is 7.51. The minimum absolute atomic E-state index is 0.696. The van der Waals surface area contributed by atoms with E-state index in [0.29, 0.717) is 5.92 Å². The Morgan fingerprint density at radius 3 is 2.82 bits per heavy atom. The van der Waals surface area contributed by atoms with Gasteiger partial charge < -0.3 is 10.2 Å². The number of nitrogens with zero attached hydrogens (tertiary/aromatic N) is 4. The van der Waals surface area contributed by atoms with Crippen molar-refractivity contribution in [2.24, 2.45) is 13.0 Å². The zero-order chi connectivity index (χ0) is 12.1. The van der Waals surface area contributed by atoms with E-state index in [1.54, 1.807) is 6.33 Å². The van der Waals surface area contributed by atoms with Gasteiger partial charge in [-0.3, -0.25) is 4.68 Å². The predicted molar refractivity (Wildman–Crippen MR) is 67.5 cm³/mol. The highest BCUT2D eigenvalue weighted by Crippen LogP contribution is 2.09. The van der Waals surface area contributed by atoms with Gasteiger partial charge in [0.05, 0.1) is 6.54 Å². The molecule has 1 unspecified atom stereocenters. The summed E-state index contributed by atoms with van der Waals surface area (Å²) in [4.78, 5) is 6.76. The summed E-state index contributed by atoms with van der Waals surface area (Å²) in [6.07, 6.45) is 4.35. The van der Waals surface area contributed by atoms with Crippen LogP contribution < -0.4 is 5.32 Å². The van der Waals surface area contributed by atoms with Crippen LogP contribution in [-0.2, 0) is 13.6 Å². The van der Waals surface area contributed by atoms with Gasteiger partial charge in [0.25, 0.3) is 0 Å². The molecule has 1 atom stereocenters. The zero-order valence-corrected chi connectivity index (χ0v) is 10.9. The van der Waals surface area contributed by atoms with E-state index >= 15 is 0 Å². The highest BCUT2D eigenvalue weighted by molar-refractivity contribution is 4.82. The summed E-state index contributed by atoms with van der Waals surface area (Å²) < 4.78 is 1.82. The summed E-state index contributed by atoms with van der Waals surface area (Å²) >= 11 is 0. The minimum atomic E-state index is 0.696. The number of hydrogen-bond donors (Lipinski definition) is 1. The molecule has 1 fully saturated rings. The van der Waals surface area contributed by atoms with Crippen molar-refractivity contribution < 1.29 is 0 Å². The molecule has 2 rings (SSSR count). The molecular formula is C12H23N5. The Morgan fingerprint density at radius 2 is 2.18 bits per heavy atom. The molecule has 1 aromatic rings. The van der Waals surface area contributed by atoms with E-state index in [4.69, 9.17) is 0 Å². The van der Waals surface area contributed by atoms with Crippen molar-refractivity contribution in [2.75, 3.05) is 26.2 Å². The van der Waals surface area contributed by atoms with Crippen LogP contribution in [0.2, 0.25) is 0 Å². The Balaban J connectivity index is 1.62. The van der Waals surface area contributed by atoms with E-state index in [1.165, 1.54) is 32.5 Å². The topological polar surface area (TPSA) is 46.0 Å². The Bertz CT molecular complexity index is 329. The van der Waals surface area contributed by atoms with E-state index in [1.807, 2.05) is 11.7 Å². The van der Waals surface area contributed by atoms with Crippen molar-refractivity contribution in [2.45, 2.75) is 26.3 Å². The fourth-order valence-corrected chi connectivity index (χ4v) is 2.38. The molecule has 0 aliphatic carbocycles. The van der Waals surface area contributed by atoms with Crippen LogP contribution in [0.3, 0.4) is 0 Å².